The second kappa shape index (κ2) is 5.16. The second-order valence-corrected chi connectivity index (χ2v) is 3.76. The van der Waals surface area contributed by atoms with E-state index in [1.54, 1.807) is 0 Å². The molecule has 0 aliphatic rings. The normalized spacial score (nSPS) is 11.3. The van der Waals surface area contributed by atoms with Crippen molar-refractivity contribution in [1.82, 2.24) is 4.90 Å². The number of alkyl halides is 3. The molecule has 0 aromatic heterocycles. The summed E-state index contributed by atoms with van der Waals surface area (Å²) in [6.45, 7) is -0.546. The highest BCUT2D eigenvalue weighted by molar-refractivity contribution is 5.99. The first-order chi connectivity index (χ1) is 8.22. The zero-order chi connectivity index (χ0) is 13.9. The standard InChI is InChI=1S/C11H12F3NO3/c1-15(6-5-11(12,13)14)10(18)9-7(16)3-2-4-8(9)17/h2-4,16-17H,5-6H2,1H3. The summed E-state index contributed by atoms with van der Waals surface area (Å²) in [6, 6.07) is 3.66. The summed E-state index contributed by atoms with van der Waals surface area (Å²) in [6.07, 6.45) is -5.51. The van der Waals surface area contributed by atoms with Crippen molar-refractivity contribution < 1.29 is 28.2 Å². The molecule has 0 saturated carbocycles. The monoisotopic (exact) mass is 263 g/mol. The van der Waals surface area contributed by atoms with E-state index in [1.807, 2.05) is 0 Å². The first-order valence-electron chi connectivity index (χ1n) is 5.05. The van der Waals surface area contributed by atoms with Gasteiger partial charge in [-0.3, -0.25) is 4.79 Å². The maximum Gasteiger partial charge on any atom is 0.390 e. The number of phenolic OH excluding ortho intramolecular Hbond substituents is 2. The third-order valence-corrected chi connectivity index (χ3v) is 2.31. The van der Waals surface area contributed by atoms with E-state index in [-0.39, 0.29) is 0 Å². The lowest BCUT2D eigenvalue weighted by molar-refractivity contribution is -0.136. The van der Waals surface area contributed by atoms with Gasteiger partial charge in [0.1, 0.15) is 17.1 Å². The Morgan fingerprint density at radius 3 is 2.22 bits per heavy atom. The first-order valence-corrected chi connectivity index (χ1v) is 5.05. The average Bonchev–Trinajstić information content (AvgIpc) is 2.24. The Morgan fingerprint density at radius 1 is 1.28 bits per heavy atom. The molecule has 1 aromatic rings. The van der Waals surface area contributed by atoms with Gasteiger partial charge in [0.25, 0.3) is 5.91 Å². The number of nitrogens with zero attached hydrogens (tertiary/aromatic N) is 1. The molecular weight excluding hydrogens is 251 g/mol. The number of phenols is 2. The molecule has 1 rings (SSSR count). The topological polar surface area (TPSA) is 60.8 Å². The second-order valence-electron chi connectivity index (χ2n) is 3.76. The van der Waals surface area contributed by atoms with Gasteiger partial charge in [0.05, 0.1) is 6.42 Å². The molecule has 0 aliphatic heterocycles. The summed E-state index contributed by atoms with van der Waals surface area (Å²) < 4.78 is 36.0. The number of hydrogen-bond donors (Lipinski definition) is 2. The van der Waals surface area contributed by atoms with Crippen molar-refractivity contribution in [2.45, 2.75) is 12.6 Å². The maximum atomic E-state index is 12.0. The number of hydrogen-bond acceptors (Lipinski definition) is 3. The van der Waals surface area contributed by atoms with Gasteiger partial charge in [-0.15, -0.1) is 0 Å². The van der Waals surface area contributed by atoms with Crippen LogP contribution in [0.4, 0.5) is 13.2 Å². The van der Waals surface area contributed by atoms with Crippen molar-refractivity contribution in [3.63, 3.8) is 0 Å². The quantitative estimate of drug-likeness (QED) is 0.878. The van der Waals surface area contributed by atoms with E-state index in [4.69, 9.17) is 0 Å². The number of rotatable bonds is 3. The Bertz CT molecular complexity index is 425. The molecule has 7 heteroatoms. The smallest absolute Gasteiger partial charge is 0.390 e. The molecule has 2 N–H and O–H groups in total. The van der Waals surface area contributed by atoms with Gasteiger partial charge in [-0.25, -0.2) is 0 Å². The molecule has 4 nitrogen and oxygen atoms in total. The molecule has 0 unspecified atom stereocenters. The van der Waals surface area contributed by atoms with E-state index in [9.17, 15) is 28.2 Å². The van der Waals surface area contributed by atoms with Gasteiger partial charge in [-0.1, -0.05) is 6.07 Å². The molecule has 0 heterocycles. The molecule has 0 aliphatic carbocycles. The zero-order valence-corrected chi connectivity index (χ0v) is 9.53. The van der Waals surface area contributed by atoms with Crippen LogP contribution in [-0.2, 0) is 0 Å². The van der Waals surface area contributed by atoms with Crippen molar-refractivity contribution in [3.05, 3.63) is 23.8 Å². The molecule has 0 radical (unpaired) electrons. The van der Waals surface area contributed by atoms with E-state index in [0.717, 1.165) is 4.90 Å². The molecule has 18 heavy (non-hydrogen) atoms. The predicted octanol–water partition coefficient (Wildman–Crippen LogP) is 2.12. The molecule has 0 bridgehead atoms. The first kappa shape index (κ1) is 14.1. The fourth-order valence-corrected chi connectivity index (χ4v) is 1.33. The summed E-state index contributed by atoms with van der Waals surface area (Å²) in [5.74, 6) is -1.81. The molecule has 1 aromatic carbocycles. The van der Waals surface area contributed by atoms with Crippen LogP contribution in [0.1, 0.15) is 16.8 Å². The number of carbonyl (C=O) groups excluding carboxylic acids is 1. The lowest BCUT2D eigenvalue weighted by Gasteiger charge is -2.19. The largest absolute Gasteiger partial charge is 0.507 e. The lowest BCUT2D eigenvalue weighted by atomic mass is 10.1. The van der Waals surface area contributed by atoms with Crippen molar-refractivity contribution in [3.8, 4) is 11.5 Å². The molecule has 0 saturated heterocycles. The average molecular weight is 263 g/mol. The Balaban J connectivity index is 2.81. The molecular formula is C11H12F3NO3. The molecule has 0 atom stereocenters. The highest BCUT2D eigenvalue weighted by atomic mass is 19.4. The summed E-state index contributed by atoms with van der Waals surface area (Å²) >= 11 is 0. The van der Waals surface area contributed by atoms with Crippen molar-refractivity contribution in [2.75, 3.05) is 13.6 Å². The van der Waals surface area contributed by atoms with Gasteiger partial charge >= 0.3 is 6.18 Å². The van der Waals surface area contributed by atoms with Crippen LogP contribution in [0.5, 0.6) is 11.5 Å². The van der Waals surface area contributed by atoms with Gasteiger partial charge in [-0.2, -0.15) is 13.2 Å². The number of aromatic hydroxyl groups is 2. The summed E-state index contributed by atoms with van der Waals surface area (Å²) in [5, 5.41) is 18.8. The van der Waals surface area contributed by atoms with E-state index in [0.29, 0.717) is 0 Å². The highest BCUT2D eigenvalue weighted by Crippen LogP contribution is 2.28. The van der Waals surface area contributed by atoms with Crippen LogP contribution < -0.4 is 0 Å². The molecule has 100 valence electrons. The summed E-state index contributed by atoms with van der Waals surface area (Å²) in [7, 11) is 1.17. The minimum absolute atomic E-state index is 0.401. The lowest BCUT2D eigenvalue weighted by Crippen LogP contribution is -2.30. The Morgan fingerprint density at radius 2 is 1.78 bits per heavy atom. The van der Waals surface area contributed by atoms with Crippen LogP contribution in [0.2, 0.25) is 0 Å². The fourth-order valence-electron chi connectivity index (χ4n) is 1.33. The SMILES string of the molecule is CN(CCC(F)(F)F)C(=O)c1c(O)cccc1O. The van der Waals surface area contributed by atoms with Gasteiger partial charge in [0, 0.05) is 13.6 Å². The minimum Gasteiger partial charge on any atom is -0.507 e. The van der Waals surface area contributed by atoms with E-state index in [1.165, 1.54) is 25.2 Å². The molecule has 0 spiro atoms. The Kier molecular flexibility index (Phi) is 4.05. The number of carbonyl (C=O) groups is 1. The molecule has 0 fully saturated rings. The van der Waals surface area contributed by atoms with Crippen molar-refractivity contribution in [1.29, 1.82) is 0 Å². The van der Waals surface area contributed by atoms with Crippen LogP contribution in [0.15, 0.2) is 18.2 Å². The number of amides is 1. The van der Waals surface area contributed by atoms with Gasteiger partial charge in [0.2, 0.25) is 0 Å². The number of benzene rings is 1. The third kappa shape index (κ3) is 3.54. The fraction of sp³-hybridized carbons (Fsp3) is 0.364. The van der Waals surface area contributed by atoms with Crippen molar-refractivity contribution >= 4 is 5.91 Å². The third-order valence-electron chi connectivity index (χ3n) is 2.31. The molecule has 1 amide bonds. The van der Waals surface area contributed by atoms with Crippen LogP contribution in [0, 0.1) is 0 Å². The van der Waals surface area contributed by atoms with Crippen LogP contribution in [0.25, 0.3) is 0 Å². The van der Waals surface area contributed by atoms with Gasteiger partial charge in [0.15, 0.2) is 0 Å². The van der Waals surface area contributed by atoms with Crippen LogP contribution in [-0.4, -0.2) is 40.8 Å². The van der Waals surface area contributed by atoms with Gasteiger partial charge in [-0.05, 0) is 12.1 Å². The van der Waals surface area contributed by atoms with Gasteiger partial charge < -0.3 is 15.1 Å². The van der Waals surface area contributed by atoms with E-state index < -0.39 is 42.1 Å². The van der Waals surface area contributed by atoms with E-state index in [2.05, 4.69) is 0 Å². The van der Waals surface area contributed by atoms with Crippen molar-refractivity contribution in [2.24, 2.45) is 0 Å². The van der Waals surface area contributed by atoms with Crippen LogP contribution in [0.3, 0.4) is 0 Å². The Hall–Kier alpha value is -1.92. The number of halogens is 3. The maximum absolute atomic E-state index is 12.0. The van der Waals surface area contributed by atoms with E-state index >= 15 is 0 Å². The zero-order valence-electron chi connectivity index (χ0n) is 9.53. The Labute approximate surface area is 101 Å². The highest BCUT2D eigenvalue weighted by Gasteiger charge is 2.29. The predicted molar refractivity (Wildman–Crippen MR) is 57.4 cm³/mol. The summed E-state index contributed by atoms with van der Waals surface area (Å²) in [5.41, 5.74) is -0.401. The summed E-state index contributed by atoms with van der Waals surface area (Å²) in [4.78, 5) is 12.5. The van der Waals surface area contributed by atoms with Crippen LogP contribution >= 0.6 is 0 Å². The minimum atomic E-state index is -4.37.